The molecule has 3 aromatic rings. The molecule has 6 heteroatoms. The van der Waals surface area contributed by atoms with E-state index in [4.69, 9.17) is 0 Å². The van der Waals surface area contributed by atoms with E-state index in [1.807, 2.05) is 72.8 Å². The van der Waals surface area contributed by atoms with Crippen molar-refractivity contribution in [1.82, 2.24) is 0 Å². The molecular weight excluding hydrogens is 512 g/mol. The van der Waals surface area contributed by atoms with Gasteiger partial charge in [0.2, 0.25) is 0 Å². The maximum absolute atomic E-state index is 13.3. The van der Waals surface area contributed by atoms with Crippen molar-refractivity contribution < 1.29 is 18.0 Å². The smallest absolute Gasteiger partial charge is 0.170 e. The van der Waals surface area contributed by atoms with E-state index in [0.29, 0.717) is 30.6 Å². The molecular formula is C32H20O4S2-2. The van der Waals surface area contributed by atoms with Crippen LogP contribution in [0, 0.1) is 11.8 Å². The fourth-order valence-corrected chi connectivity index (χ4v) is 8.28. The Morgan fingerprint density at radius 2 is 0.974 bits per heavy atom. The van der Waals surface area contributed by atoms with E-state index in [1.54, 1.807) is 36.4 Å². The van der Waals surface area contributed by atoms with Crippen LogP contribution in [0.1, 0.15) is 20.7 Å². The van der Waals surface area contributed by atoms with Crippen molar-refractivity contribution in [3.63, 3.8) is 0 Å². The van der Waals surface area contributed by atoms with Crippen LogP contribution < -0.4 is 0 Å². The molecule has 3 aromatic carbocycles. The van der Waals surface area contributed by atoms with Gasteiger partial charge in [-0.15, -0.1) is 19.5 Å². The van der Waals surface area contributed by atoms with Crippen LogP contribution in [-0.2, 0) is 29.2 Å². The Balaban J connectivity index is 1.29. The third-order valence-corrected chi connectivity index (χ3v) is 10.5. The van der Waals surface area contributed by atoms with Gasteiger partial charge in [-0.1, -0.05) is 91.1 Å². The SMILES string of the molecule is O=C1c2cc(-c3cccc(-c4ccc5c(c4)C(=O)C4C=CC=CC4=[S-]5=O)c3)ccc2[S-](=O)=C2C=CC=CC12. The largest absolute Gasteiger partial charge is 0.457 e. The Labute approximate surface area is 223 Å². The molecule has 0 aromatic heterocycles. The van der Waals surface area contributed by atoms with Crippen molar-refractivity contribution in [3.8, 4) is 22.3 Å². The maximum atomic E-state index is 13.3. The second kappa shape index (κ2) is 8.79. The number of carbonyl (C=O) groups excluding carboxylic acids is 2. The van der Waals surface area contributed by atoms with E-state index in [1.165, 1.54) is 0 Å². The van der Waals surface area contributed by atoms with E-state index in [9.17, 15) is 18.0 Å². The predicted molar refractivity (Wildman–Crippen MR) is 152 cm³/mol. The monoisotopic (exact) mass is 532 g/mol. The Morgan fingerprint density at radius 1 is 0.526 bits per heavy atom. The standard InChI is InChI=1S/C32H20O4S2/c33-31-23-8-1-3-10-27(23)37(35)29-14-12-21(17-25(29)31)19-6-5-7-20(16-19)22-13-15-30-26(18-22)32(34)24-9-2-4-11-28(24)38(30)36/h1-18,23-24H/q-2. The van der Waals surface area contributed by atoms with E-state index in [-0.39, 0.29) is 11.6 Å². The van der Waals surface area contributed by atoms with Gasteiger partial charge in [0.05, 0.1) is 0 Å². The normalized spacial score (nSPS) is 21.8. The fourth-order valence-electron chi connectivity index (χ4n) is 5.43. The van der Waals surface area contributed by atoms with Gasteiger partial charge in [-0.05, 0) is 40.5 Å². The molecule has 2 aliphatic heterocycles. The molecule has 0 amide bonds. The van der Waals surface area contributed by atoms with Crippen molar-refractivity contribution in [2.24, 2.45) is 11.8 Å². The summed E-state index contributed by atoms with van der Waals surface area (Å²) in [7, 11) is -2.74. The van der Waals surface area contributed by atoms with Crippen LogP contribution in [0.3, 0.4) is 0 Å². The summed E-state index contributed by atoms with van der Waals surface area (Å²) in [6, 6.07) is 18.9. The lowest BCUT2D eigenvalue weighted by Crippen LogP contribution is -2.29. The number of rotatable bonds is 2. The molecule has 0 fully saturated rings. The molecule has 0 saturated carbocycles. The maximum Gasteiger partial charge on any atom is 0.170 e. The van der Waals surface area contributed by atoms with Gasteiger partial charge in [-0.3, -0.25) is 9.59 Å². The number of allylic oxidation sites excluding steroid dienone is 8. The van der Waals surface area contributed by atoms with Crippen molar-refractivity contribution in [2.75, 3.05) is 0 Å². The summed E-state index contributed by atoms with van der Waals surface area (Å²) >= 11 is 0. The summed E-state index contributed by atoms with van der Waals surface area (Å²) in [4.78, 5) is 28.9. The zero-order chi connectivity index (χ0) is 26.0. The average Bonchev–Trinajstić information content (AvgIpc) is 2.98. The lowest BCUT2D eigenvalue weighted by molar-refractivity contribution is 0.0961. The molecule has 2 aliphatic carbocycles. The third-order valence-electron chi connectivity index (χ3n) is 7.38. The highest BCUT2D eigenvalue weighted by molar-refractivity contribution is 7.86. The molecule has 0 spiro atoms. The Hall–Kier alpha value is -4.00. The van der Waals surface area contributed by atoms with Gasteiger partial charge < -0.3 is 8.42 Å². The molecule has 0 radical (unpaired) electrons. The van der Waals surface area contributed by atoms with Gasteiger partial charge in [-0.2, -0.15) is 0 Å². The first-order valence-corrected chi connectivity index (χ1v) is 14.6. The van der Waals surface area contributed by atoms with Crippen LogP contribution in [0.2, 0.25) is 0 Å². The Kier molecular flexibility index (Phi) is 5.35. The average molecular weight is 533 g/mol. The first-order chi connectivity index (χ1) is 18.5. The van der Waals surface area contributed by atoms with Crippen molar-refractivity contribution in [3.05, 3.63) is 120 Å². The Morgan fingerprint density at radius 3 is 1.45 bits per heavy atom. The van der Waals surface area contributed by atoms with Crippen LogP contribution in [0.4, 0.5) is 0 Å². The second-order valence-electron chi connectivity index (χ2n) is 9.52. The number of hydrogen-bond donors (Lipinski definition) is 0. The van der Waals surface area contributed by atoms with E-state index >= 15 is 0 Å². The summed E-state index contributed by atoms with van der Waals surface area (Å²) < 4.78 is 26.2. The molecule has 4 aliphatic rings. The number of ketones is 2. The van der Waals surface area contributed by atoms with Crippen molar-refractivity contribution in [1.29, 1.82) is 0 Å². The number of hydrogen-bond acceptors (Lipinski definition) is 6. The van der Waals surface area contributed by atoms with Gasteiger partial charge in [0.15, 0.2) is 11.6 Å². The highest BCUT2D eigenvalue weighted by atomic mass is 32.2. The van der Waals surface area contributed by atoms with Crippen LogP contribution >= 0.6 is 0 Å². The minimum Gasteiger partial charge on any atom is -0.457 e. The van der Waals surface area contributed by atoms with Gasteiger partial charge in [0.25, 0.3) is 0 Å². The molecule has 0 N–H and O–H groups in total. The number of fused-ring (bicyclic) bond motifs is 4. The Bertz CT molecular complexity index is 1770. The quantitative estimate of drug-likeness (QED) is 0.305. The first-order valence-electron chi connectivity index (χ1n) is 12.3. The number of benzene rings is 3. The van der Waals surface area contributed by atoms with Gasteiger partial charge >= 0.3 is 0 Å². The highest BCUT2D eigenvalue weighted by Crippen LogP contribution is 2.34. The molecule has 0 bridgehead atoms. The fraction of sp³-hybridized carbons (Fsp3) is 0.0625. The van der Waals surface area contributed by atoms with Gasteiger partial charge in [0.1, 0.15) is 0 Å². The minimum atomic E-state index is -1.37. The van der Waals surface area contributed by atoms with Gasteiger partial charge in [0, 0.05) is 23.0 Å². The zero-order valence-corrected chi connectivity index (χ0v) is 21.6. The first kappa shape index (κ1) is 23.1. The van der Waals surface area contributed by atoms with E-state index in [2.05, 4.69) is 0 Å². The molecule has 7 rings (SSSR count). The summed E-state index contributed by atoms with van der Waals surface area (Å²) in [6.45, 7) is 0. The molecule has 2 atom stereocenters. The van der Waals surface area contributed by atoms with E-state index in [0.717, 1.165) is 22.3 Å². The van der Waals surface area contributed by atoms with Crippen LogP contribution in [-0.4, -0.2) is 21.3 Å². The summed E-state index contributed by atoms with van der Waals surface area (Å²) in [6.07, 6.45) is 14.4. The van der Waals surface area contributed by atoms with Crippen LogP contribution in [0.5, 0.6) is 0 Å². The number of carbonyl (C=O) groups is 2. The predicted octanol–water partition coefficient (Wildman–Crippen LogP) is 5.89. The third kappa shape index (κ3) is 3.48. The highest BCUT2D eigenvalue weighted by Gasteiger charge is 2.26. The lowest BCUT2D eigenvalue weighted by Gasteiger charge is -2.30. The molecule has 2 heterocycles. The summed E-state index contributed by atoms with van der Waals surface area (Å²) in [5.74, 6) is -1.06. The second-order valence-corrected chi connectivity index (χ2v) is 12.4. The van der Waals surface area contributed by atoms with Crippen LogP contribution in [0.15, 0.2) is 119 Å². The molecule has 0 saturated heterocycles. The minimum absolute atomic E-state index is 0.0443. The lowest BCUT2D eigenvalue weighted by atomic mass is 9.88. The van der Waals surface area contributed by atoms with Crippen LogP contribution in [0.25, 0.3) is 22.3 Å². The molecule has 186 valence electrons. The zero-order valence-electron chi connectivity index (χ0n) is 20.0. The topological polar surface area (TPSA) is 68.3 Å². The van der Waals surface area contributed by atoms with Gasteiger partial charge in [-0.25, -0.2) is 20.8 Å². The molecule has 4 nitrogen and oxygen atoms in total. The molecule has 38 heavy (non-hydrogen) atoms. The van der Waals surface area contributed by atoms with Crippen molar-refractivity contribution in [2.45, 2.75) is 9.79 Å². The van der Waals surface area contributed by atoms with Crippen molar-refractivity contribution >= 4 is 42.1 Å². The summed E-state index contributed by atoms with van der Waals surface area (Å²) in [5.41, 5.74) is 4.49. The van der Waals surface area contributed by atoms with E-state index < -0.39 is 32.6 Å². The number of Topliss-reactive ketones (excluding diaryl/α,β-unsaturated/α-hetero) is 2. The summed E-state index contributed by atoms with van der Waals surface area (Å²) in [5, 5.41) is 0. The molecule has 2 unspecified atom stereocenters.